The van der Waals surface area contributed by atoms with Gasteiger partial charge in [-0.1, -0.05) is 57.6 Å². The van der Waals surface area contributed by atoms with Gasteiger partial charge in [0.25, 0.3) is 5.56 Å². The van der Waals surface area contributed by atoms with Crippen molar-refractivity contribution in [3.05, 3.63) is 85.7 Å². The average Bonchev–Trinajstić information content (AvgIpc) is 3.09. The first kappa shape index (κ1) is 16.9. The van der Waals surface area contributed by atoms with Gasteiger partial charge in [-0.05, 0) is 29.8 Å². The summed E-state index contributed by atoms with van der Waals surface area (Å²) in [6.45, 7) is 0.517. The highest BCUT2D eigenvalue weighted by molar-refractivity contribution is 9.10. The molecule has 8 heteroatoms. The number of aromatic nitrogens is 4. The van der Waals surface area contributed by atoms with Crippen molar-refractivity contribution in [3.63, 3.8) is 0 Å². The third-order valence-electron chi connectivity index (χ3n) is 3.80. The number of benzene rings is 2. The van der Waals surface area contributed by atoms with Crippen molar-refractivity contribution < 1.29 is 0 Å². The molecule has 4 rings (SSSR count). The zero-order valence-corrected chi connectivity index (χ0v) is 16.0. The van der Waals surface area contributed by atoms with Gasteiger partial charge in [-0.2, -0.15) is 9.61 Å². The molecule has 2 heterocycles. The Kier molecular flexibility index (Phi) is 4.77. The molecule has 0 saturated carbocycles. The molecule has 0 spiro atoms. The molecule has 2 aromatic heterocycles. The lowest BCUT2D eigenvalue weighted by molar-refractivity contribution is 0.793. The van der Waals surface area contributed by atoms with Crippen LogP contribution < -0.4 is 10.9 Å². The van der Waals surface area contributed by atoms with Crippen molar-refractivity contribution in [1.29, 1.82) is 0 Å². The minimum absolute atomic E-state index is 0.218. The maximum Gasteiger partial charge on any atom is 0.297 e. The molecular formula is C18H14BrN5OS. The Labute approximate surface area is 161 Å². The van der Waals surface area contributed by atoms with Crippen LogP contribution in [0.3, 0.4) is 0 Å². The van der Waals surface area contributed by atoms with Crippen LogP contribution in [-0.4, -0.2) is 19.8 Å². The Morgan fingerprint density at radius 1 is 1.04 bits per heavy atom. The van der Waals surface area contributed by atoms with E-state index in [1.807, 2.05) is 54.6 Å². The van der Waals surface area contributed by atoms with Crippen molar-refractivity contribution in [2.75, 3.05) is 5.32 Å². The Hall–Kier alpha value is -2.58. The van der Waals surface area contributed by atoms with E-state index in [1.54, 1.807) is 0 Å². The van der Waals surface area contributed by atoms with Gasteiger partial charge >= 0.3 is 0 Å². The highest BCUT2D eigenvalue weighted by Gasteiger charge is 2.12. The van der Waals surface area contributed by atoms with Gasteiger partial charge in [-0.3, -0.25) is 4.79 Å². The summed E-state index contributed by atoms with van der Waals surface area (Å²) in [4.78, 5) is 13.1. The van der Waals surface area contributed by atoms with Crippen LogP contribution in [0.1, 0.15) is 16.3 Å². The molecule has 0 saturated heterocycles. The average molecular weight is 428 g/mol. The molecule has 26 heavy (non-hydrogen) atoms. The fourth-order valence-electron chi connectivity index (χ4n) is 2.50. The van der Waals surface area contributed by atoms with Crippen LogP contribution in [0.4, 0.5) is 5.69 Å². The third kappa shape index (κ3) is 3.66. The van der Waals surface area contributed by atoms with Crippen LogP contribution >= 0.6 is 27.3 Å². The van der Waals surface area contributed by atoms with Gasteiger partial charge in [0.15, 0.2) is 0 Å². The number of anilines is 1. The maximum atomic E-state index is 12.6. The lowest BCUT2D eigenvalue weighted by Crippen LogP contribution is -2.22. The van der Waals surface area contributed by atoms with E-state index in [1.165, 1.54) is 15.9 Å². The van der Waals surface area contributed by atoms with Crippen molar-refractivity contribution >= 4 is 37.9 Å². The second-order valence-electron chi connectivity index (χ2n) is 5.66. The van der Waals surface area contributed by atoms with E-state index in [-0.39, 0.29) is 5.56 Å². The highest BCUT2D eigenvalue weighted by atomic mass is 79.9. The molecule has 0 aliphatic heterocycles. The fourth-order valence-corrected chi connectivity index (χ4v) is 3.54. The first-order valence-corrected chi connectivity index (χ1v) is 9.58. The standard InChI is InChI=1S/C18H14BrN5OS/c19-13-6-8-14(9-7-13)20-11-16-23-24-17(25)15(21-22-18(24)26-16)10-12-4-2-1-3-5-12/h1-9,20H,10-11H2. The molecule has 1 N–H and O–H groups in total. The number of hydrogen-bond donors (Lipinski definition) is 1. The van der Waals surface area contributed by atoms with Crippen molar-refractivity contribution in [2.45, 2.75) is 13.0 Å². The van der Waals surface area contributed by atoms with Crippen molar-refractivity contribution in [2.24, 2.45) is 0 Å². The Morgan fingerprint density at radius 3 is 2.58 bits per heavy atom. The monoisotopic (exact) mass is 427 g/mol. The molecule has 6 nitrogen and oxygen atoms in total. The highest BCUT2D eigenvalue weighted by Crippen LogP contribution is 2.17. The number of hydrogen-bond acceptors (Lipinski definition) is 6. The van der Waals surface area contributed by atoms with E-state index in [9.17, 15) is 4.79 Å². The summed E-state index contributed by atoms with van der Waals surface area (Å²) in [7, 11) is 0. The molecular weight excluding hydrogens is 414 g/mol. The molecule has 0 bridgehead atoms. The van der Waals surface area contributed by atoms with Gasteiger partial charge in [-0.25, -0.2) is 0 Å². The summed E-state index contributed by atoms with van der Waals surface area (Å²) in [5.74, 6) is 0. The molecule has 0 aliphatic rings. The van der Waals surface area contributed by atoms with Gasteiger partial charge in [0.2, 0.25) is 4.96 Å². The first-order chi connectivity index (χ1) is 12.7. The number of nitrogens with one attached hydrogen (secondary N) is 1. The lowest BCUT2D eigenvalue weighted by atomic mass is 10.1. The second kappa shape index (κ2) is 7.35. The molecule has 0 radical (unpaired) electrons. The van der Waals surface area contributed by atoms with E-state index < -0.39 is 0 Å². The SMILES string of the molecule is O=c1c(Cc2ccccc2)nnc2sc(CNc3ccc(Br)cc3)nn12. The van der Waals surface area contributed by atoms with Gasteiger partial charge < -0.3 is 5.32 Å². The van der Waals surface area contributed by atoms with Gasteiger partial charge in [0, 0.05) is 16.6 Å². The van der Waals surface area contributed by atoms with E-state index in [0.29, 0.717) is 23.6 Å². The zero-order valence-electron chi connectivity index (χ0n) is 13.6. The smallest absolute Gasteiger partial charge is 0.297 e. The molecule has 130 valence electrons. The summed E-state index contributed by atoms with van der Waals surface area (Å²) in [6.07, 6.45) is 0.444. The predicted molar refractivity (Wildman–Crippen MR) is 106 cm³/mol. The summed E-state index contributed by atoms with van der Waals surface area (Å²) in [5, 5.41) is 16.7. The van der Waals surface area contributed by atoms with E-state index in [0.717, 1.165) is 20.7 Å². The largest absolute Gasteiger partial charge is 0.378 e. The molecule has 0 aliphatic carbocycles. The molecule has 2 aromatic carbocycles. The molecule has 4 aromatic rings. The van der Waals surface area contributed by atoms with Crippen LogP contribution in [0.2, 0.25) is 0 Å². The summed E-state index contributed by atoms with van der Waals surface area (Å²) in [6, 6.07) is 17.6. The van der Waals surface area contributed by atoms with E-state index >= 15 is 0 Å². The predicted octanol–water partition coefficient (Wildman–Crippen LogP) is 3.51. The second-order valence-corrected chi connectivity index (χ2v) is 7.62. The van der Waals surface area contributed by atoms with Gasteiger partial charge in [0.1, 0.15) is 10.7 Å². The zero-order chi connectivity index (χ0) is 17.9. The number of rotatable bonds is 5. The number of fused-ring (bicyclic) bond motifs is 1. The Morgan fingerprint density at radius 2 is 1.81 bits per heavy atom. The van der Waals surface area contributed by atoms with E-state index in [4.69, 9.17) is 0 Å². The molecule has 0 amide bonds. The molecule has 0 atom stereocenters. The fraction of sp³-hybridized carbons (Fsp3) is 0.111. The van der Waals surface area contributed by atoms with Crippen LogP contribution in [0.15, 0.2) is 63.9 Å². The third-order valence-corrected chi connectivity index (χ3v) is 5.23. The van der Waals surface area contributed by atoms with Crippen LogP contribution in [0.25, 0.3) is 4.96 Å². The molecule has 0 fully saturated rings. The Balaban J connectivity index is 1.56. The van der Waals surface area contributed by atoms with Gasteiger partial charge in [0.05, 0.1) is 6.54 Å². The van der Waals surface area contributed by atoms with Crippen LogP contribution in [0.5, 0.6) is 0 Å². The normalized spacial score (nSPS) is 11.0. The summed E-state index contributed by atoms with van der Waals surface area (Å²) < 4.78 is 2.37. The van der Waals surface area contributed by atoms with E-state index in [2.05, 4.69) is 36.5 Å². The quantitative estimate of drug-likeness (QED) is 0.527. The molecule has 0 unspecified atom stereocenters. The first-order valence-electron chi connectivity index (χ1n) is 7.97. The minimum Gasteiger partial charge on any atom is -0.378 e. The summed E-state index contributed by atoms with van der Waals surface area (Å²) >= 11 is 4.77. The summed E-state index contributed by atoms with van der Waals surface area (Å²) in [5.41, 5.74) is 2.18. The van der Waals surface area contributed by atoms with Crippen LogP contribution in [0, 0.1) is 0 Å². The maximum absolute atomic E-state index is 12.6. The van der Waals surface area contributed by atoms with Crippen molar-refractivity contribution in [3.8, 4) is 0 Å². The minimum atomic E-state index is -0.218. The topological polar surface area (TPSA) is 72.2 Å². The number of halogens is 1. The lowest BCUT2D eigenvalue weighted by Gasteiger charge is -2.03. The Bertz CT molecular complexity index is 1090. The van der Waals surface area contributed by atoms with Crippen molar-refractivity contribution in [1.82, 2.24) is 19.8 Å². The van der Waals surface area contributed by atoms with Crippen LogP contribution in [-0.2, 0) is 13.0 Å². The van der Waals surface area contributed by atoms with Gasteiger partial charge in [-0.15, -0.1) is 10.2 Å². The number of nitrogens with zero attached hydrogens (tertiary/aromatic N) is 4.